The Morgan fingerprint density at radius 2 is 1.68 bits per heavy atom. The quantitative estimate of drug-likeness (QED) is 0.283. The first-order valence-corrected chi connectivity index (χ1v) is 11.8. The summed E-state index contributed by atoms with van der Waals surface area (Å²) in [5, 5.41) is 14.6. The van der Waals surface area contributed by atoms with E-state index in [1.54, 1.807) is 0 Å². The van der Waals surface area contributed by atoms with Crippen molar-refractivity contribution in [2.24, 2.45) is 0 Å². The highest BCUT2D eigenvalue weighted by molar-refractivity contribution is 8.00. The number of carbonyl (C=O) groups excluding carboxylic acids is 1. The zero-order valence-electron chi connectivity index (χ0n) is 18.2. The number of nitriles is 1. The van der Waals surface area contributed by atoms with Crippen LogP contribution >= 0.6 is 11.8 Å². The summed E-state index contributed by atoms with van der Waals surface area (Å²) in [6.07, 6.45) is 1.87. The second kappa shape index (κ2) is 9.65. The van der Waals surface area contributed by atoms with Crippen molar-refractivity contribution in [3.63, 3.8) is 0 Å². The predicted molar refractivity (Wildman–Crippen MR) is 137 cm³/mol. The molecule has 0 unspecified atom stereocenters. The Labute approximate surface area is 201 Å². The Hall–Kier alpha value is -4.34. The molecule has 5 rings (SSSR count). The molecule has 0 saturated carbocycles. The van der Waals surface area contributed by atoms with Gasteiger partial charge in [0.15, 0.2) is 0 Å². The molecule has 0 saturated heterocycles. The minimum Gasteiger partial charge on any atom is -0.361 e. The van der Waals surface area contributed by atoms with Crippen LogP contribution in [0.4, 0.5) is 5.69 Å². The zero-order valence-corrected chi connectivity index (χ0v) is 19.0. The van der Waals surface area contributed by atoms with Gasteiger partial charge in [0.05, 0.1) is 17.0 Å². The van der Waals surface area contributed by atoms with Crippen LogP contribution in [0.3, 0.4) is 0 Å². The summed E-state index contributed by atoms with van der Waals surface area (Å²) in [5.74, 6) is -0.0235. The summed E-state index contributed by atoms with van der Waals surface area (Å²) >= 11 is 1.27. The van der Waals surface area contributed by atoms with E-state index in [4.69, 9.17) is 4.98 Å². The summed E-state index contributed by atoms with van der Waals surface area (Å²) in [6, 6.07) is 31.6. The van der Waals surface area contributed by atoms with E-state index in [1.807, 2.05) is 97.2 Å². The van der Waals surface area contributed by atoms with Crippen LogP contribution in [0, 0.1) is 11.3 Å². The molecule has 0 aliphatic heterocycles. The van der Waals surface area contributed by atoms with E-state index in [0.717, 1.165) is 39.0 Å². The predicted octanol–water partition coefficient (Wildman–Crippen LogP) is 6.50. The van der Waals surface area contributed by atoms with E-state index in [2.05, 4.69) is 16.4 Å². The van der Waals surface area contributed by atoms with Crippen LogP contribution in [0.5, 0.6) is 0 Å². The van der Waals surface area contributed by atoms with Crippen molar-refractivity contribution in [1.29, 1.82) is 5.26 Å². The molecule has 0 fully saturated rings. The van der Waals surface area contributed by atoms with E-state index in [0.29, 0.717) is 10.6 Å². The zero-order chi connectivity index (χ0) is 23.3. The lowest BCUT2D eigenvalue weighted by Gasteiger charge is -2.13. The molecule has 0 spiro atoms. The molecular weight excluding hydrogens is 440 g/mol. The molecule has 164 valence electrons. The van der Waals surface area contributed by atoms with Crippen LogP contribution in [0.25, 0.3) is 33.3 Å². The number of amides is 1. The van der Waals surface area contributed by atoms with Gasteiger partial charge in [0, 0.05) is 28.5 Å². The van der Waals surface area contributed by atoms with Gasteiger partial charge in [-0.25, -0.2) is 4.98 Å². The number of carbonyl (C=O) groups is 1. The van der Waals surface area contributed by atoms with Gasteiger partial charge in [-0.15, -0.1) is 0 Å². The Balaban J connectivity index is 1.44. The maximum Gasteiger partial charge on any atom is 0.234 e. The highest BCUT2D eigenvalue weighted by atomic mass is 32.2. The normalized spacial score (nSPS) is 10.7. The molecule has 1 amide bonds. The molecule has 3 aromatic carbocycles. The molecule has 0 atom stereocenters. The molecule has 2 N–H and O–H groups in total. The molecule has 0 aliphatic rings. The average molecular weight is 461 g/mol. The number of hydrogen-bond acceptors (Lipinski definition) is 4. The molecule has 0 radical (unpaired) electrons. The number of anilines is 1. The largest absolute Gasteiger partial charge is 0.361 e. The lowest BCUT2D eigenvalue weighted by molar-refractivity contribution is -0.113. The van der Waals surface area contributed by atoms with Crippen molar-refractivity contribution in [2.45, 2.75) is 5.03 Å². The fourth-order valence-electron chi connectivity index (χ4n) is 3.79. The van der Waals surface area contributed by atoms with Crippen molar-refractivity contribution in [3.8, 4) is 28.5 Å². The van der Waals surface area contributed by atoms with Gasteiger partial charge in [0.1, 0.15) is 11.1 Å². The number of pyridine rings is 1. The number of fused-ring (bicyclic) bond motifs is 1. The highest BCUT2D eigenvalue weighted by Crippen LogP contribution is 2.34. The number of hydrogen-bond donors (Lipinski definition) is 2. The average Bonchev–Trinajstić information content (AvgIpc) is 3.36. The number of benzene rings is 3. The monoisotopic (exact) mass is 460 g/mol. The summed E-state index contributed by atoms with van der Waals surface area (Å²) in [6.45, 7) is 0. The number of nitrogens with zero attached hydrogens (tertiary/aromatic N) is 2. The summed E-state index contributed by atoms with van der Waals surface area (Å²) < 4.78 is 0. The lowest BCUT2D eigenvalue weighted by Crippen LogP contribution is -2.14. The summed E-state index contributed by atoms with van der Waals surface area (Å²) in [4.78, 5) is 20.6. The number of thioether (sulfide) groups is 1. The van der Waals surface area contributed by atoms with Crippen LogP contribution < -0.4 is 5.32 Å². The lowest BCUT2D eigenvalue weighted by atomic mass is 9.99. The molecule has 6 heteroatoms. The van der Waals surface area contributed by atoms with Gasteiger partial charge >= 0.3 is 0 Å². The highest BCUT2D eigenvalue weighted by Gasteiger charge is 2.17. The second-order valence-corrected chi connectivity index (χ2v) is 8.66. The Morgan fingerprint density at radius 3 is 2.41 bits per heavy atom. The Kier molecular flexibility index (Phi) is 6.11. The molecule has 0 aliphatic carbocycles. The third-order valence-corrected chi connectivity index (χ3v) is 6.41. The van der Waals surface area contributed by atoms with Crippen molar-refractivity contribution in [2.75, 3.05) is 11.1 Å². The number of nitrogens with one attached hydrogen (secondary N) is 2. The van der Waals surface area contributed by atoms with Gasteiger partial charge in [0.2, 0.25) is 5.91 Å². The van der Waals surface area contributed by atoms with Crippen molar-refractivity contribution in [3.05, 3.63) is 103 Å². The van der Waals surface area contributed by atoms with E-state index in [1.165, 1.54) is 11.8 Å². The molecule has 5 nitrogen and oxygen atoms in total. The van der Waals surface area contributed by atoms with Crippen LogP contribution in [0.15, 0.2) is 102 Å². The standard InChI is InChI=1S/C28H20N4OS/c29-17-24-23(19-7-3-1-4-8-19)16-26(20-9-5-2-6-10-20)32-28(24)34-18-27(33)31-22-12-11-21-13-14-30-25(21)15-22/h1-16,30H,18H2,(H,31,33). The van der Waals surface area contributed by atoms with E-state index in [-0.39, 0.29) is 11.7 Å². The maximum atomic E-state index is 12.7. The molecule has 2 heterocycles. The van der Waals surface area contributed by atoms with Gasteiger partial charge < -0.3 is 10.3 Å². The molecule has 34 heavy (non-hydrogen) atoms. The Bertz CT molecular complexity index is 1500. The molecule has 2 aromatic heterocycles. The molecule has 0 bridgehead atoms. The minimum absolute atomic E-state index is 0.136. The third-order valence-electron chi connectivity index (χ3n) is 5.43. The first-order valence-electron chi connectivity index (χ1n) is 10.8. The van der Waals surface area contributed by atoms with Gasteiger partial charge in [0.25, 0.3) is 0 Å². The van der Waals surface area contributed by atoms with Crippen LogP contribution in [-0.2, 0) is 4.79 Å². The first-order chi connectivity index (χ1) is 16.7. The number of aromatic amines is 1. The van der Waals surface area contributed by atoms with E-state index < -0.39 is 0 Å². The molecule has 5 aromatic rings. The van der Waals surface area contributed by atoms with Crippen LogP contribution in [-0.4, -0.2) is 21.6 Å². The topological polar surface area (TPSA) is 81.6 Å². The fraction of sp³-hybridized carbons (Fsp3) is 0.0357. The number of aromatic nitrogens is 2. The first kappa shape index (κ1) is 21.5. The molecular formula is C28H20N4OS. The van der Waals surface area contributed by atoms with Crippen molar-refractivity contribution < 1.29 is 4.79 Å². The van der Waals surface area contributed by atoms with Gasteiger partial charge in [-0.05, 0) is 35.2 Å². The number of H-pyrrole nitrogens is 1. The van der Waals surface area contributed by atoms with E-state index in [9.17, 15) is 10.1 Å². The fourth-order valence-corrected chi connectivity index (χ4v) is 4.60. The van der Waals surface area contributed by atoms with E-state index >= 15 is 0 Å². The summed E-state index contributed by atoms with van der Waals surface area (Å²) in [7, 11) is 0. The van der Waals surface area contributed by atoms with Gasteiger partial charge in [-0.2, -0.15) is 5.26 Å². The van der Waals surface area contributed by atoms with Crippen LogP contribution in [0.2, 0.25) is 0 Å². The number of rotatable bonds is 6. The third kappa shape index (κ3) is 4.56. The second-order valence-electron chi connectivity index (χ2n) is 7.70. The Morgan fingerprint density at radius 1 is 0.941 bits per heavy atom. The smallest absolute Gasteiger partial charge is 0.234 e. The van der Waals surface area contributed by atoms with Gasteiger partial charge in [-0.1, -0.05) is 78.5 Å². The maximum absolute atomic E-state index is 12.7. The van der Waals surface area contributed by atoms with Crippen LogP contribution in [0.1, 0.15) is 5.56 Å². The minimum atomic E-state index is -0.159. The SMILES string of the molecule is N#Cc1c(-c2ccccc2)cc(-c2ccccc2)nc1SCC(=O)Nc1ccc2cc[nH]c2c1. The summed E-state index contributed by atoms with van der Waals surface area (Å²) in [5.41, 5.74) is 5.60. The van der Waals surface area contributed by atoms with Crippen molar-refractivity contribution >= 4 is 34.3 Å². The van der Waals surface area contributed by atoms with Crippen molar-refractivity contribution in [1.82, 2.24) is 9.97 Å². The van der Waals surface area contributed by atoms with Gasteiger partial charge in [-0.3, -0.25) is 4.79 Å².